The standard InChI is InChI=1S/C6H6F3N3O/c7-6(8,9)5(4(10)13)3-11-1-2-12-5/h1-3,12H,(H2,10,13). The van der Waals surface area contributed by atoms with E-state index in [2.05, 4.69) is 10.7 Å². The summed E-state index contributed by atoms with van der Waals surface area (Å²) in [6.45, 7) is 0. The topological polar surface area (TPSA) is 67.5 Å². The van der Waals surface area contributed by atoms with Crippen LogP contribution in [0.2, 0.25) is 0 Å². The van der Waals surface area contributed by atoms with Gasteiger partial charge in [-0.2, -0.15) is 13.2 Å². The Morgan fingerprint density at radius 1 is 1.54 bits per heavy atom. The van der Waals surface area contributed by atoms with Gasteiger partial charge < -0.3 is 11.1 Å². The van der Waals surface area contributed by atoms with Crippen LogP contribution in [-0.2, 0) is 4.79 Å². The zero-order valence-electron chi connectivity index (χ0n) is 6.30. The van der Waals surface area contributed by atoms with E-state index >= 15 is 0 Å². The Labute approximate surface area is 71.3 Å². The lowest BCUT2D eigenvalue weighted by atomic mass is 9.99. The maximum atomic E-state index is 12.4. The van der Waals surface area contributed by atoms with Crippen molar-refractivity contribution in [2.45, 2.75) is 11.7 Å². The number of nitrogens with one attached hydrogen (secondary N) is 1. The first-order valence-electron chi connectivity index (χ1n) is 3.24. The molecule has 0 aromatic rings. The minimum Gasteiger partial charge on any atom is -0.367 e. The van der Waals surface area contributed by atoms with Crippen LogP contribution in [0.3, 0.4) is 0 Å². The Balaban J connectivity index is 3.10. The molecule has 3 N–H and O–H groups in total. The van der Waals surface area contributed by atoms with Crippen LogP contribution < -0.4 is 11.1 Å². The Morgan fingerprint density at radius 3 is 2.38 bits per heavy atom. The van der Waals surface area contributed by atoms with Crippen molar-refractivity contribution in [2.75, 3.05) is 0 Å². The van der Waals surface area contributed by atoms with Crippen molar-refractivity contribution in [1.82, 2.24) is 5.32 Å². The number of amides is 1. The van der Waals surface area contributed by atoms with Gasteiger partial charge in [0.2, 0.25) is 5.54 Å². The van der Waals surface area contributed by atoms with Crippen LogP contribution in [0.25, 0.3) is 0 Å². The Bertz CT molecular complexity index is 283. The maximum Gasteiger partial charge on any atom is 0.425 e. The molecule has 0 fully saturated rings. The molecule has 1 rings (SSSR count). The molecule has 1 aliphatic rings. The van der Waals surface area contributed by atoms with Crippen molar-refractivity contribution in [3.63, 3.8) is 0 Å². The van der Waals surface area contributed by atoms with E-state index in [1.807, 2.05) is 5.32 Å². The van der Waals surface area contributed by atoms with Crippen LogP contribution in [0.5, 0.6) is 0 Å². The molecule has 1 unspecified atom stereocenters. The smallest absolute Gasteiger partial charge is 0.367 e. The number of alkyl halides is 3. The lowest BCUT2D eigenvalue weighted by Gasteiger charge is -2.30. The predicted octanol–water partition coefficient (Wildman–Crippen LogP) is -0.0820. The highest BCUT2D eigenvalue weighted by Crippen LogP contribution is 2.29. The van der Waals surface area contributed by atoms with Gasteiger partial charge in [0.15, 0.2) is 0 Å². The number of halogens is 3. The van der Waals surface area contributed by atoms with Crippen LogP contribution in [-0.4, -0.2) is 23.8 Å². The van der Waals surface area contributed by atoms with Gasteiger partial charge >= 0.3 is 6.18 Å². The Hall–Kier alpha value is -1.53. The highest BCUT2D eigenvalue weighted by Gasteiger charge is 2.59. The summed E-state index contributed by atoms with van der Waals surface area (Å²) in [7, 11) is 0. The van der Waals surface area contributed by atoms with E-state index in [9.17, 15) is 18.0 Å². The van der Waals surface area contributed by atoms with Crippen molar-refractivity contribution >= 4 is 12.1 Å². The van der Waals surface area contributed by atoms with Crippen molar-refractivity contribution in [3.8, 4) is 0 Å². The molecule has 1 amide bonds. The molecule has 0 saturated carbocycles. The second-order valence-electron chi connectivity index (χ2n) is 2.41. The number of hydrogen-bond donors (Lipinski definition) is 2. The van der Waals surface area contributed by atoms with Gasteiger partial charge in [0, 0.05) is 18.6 Å². The third kappa shape index (κ3) is 1.36. The van der Waals surface area contributed by atoms with Crippen molar-refractivity contribution in [1.29, 1.82) is 0 Å². The number of rotatable bonds is 1. The average molecular weight is 193 g/mol. The fraction of sp³-hybridized carbons (Fsp3) is 0.333. The highest BCUT2D eigenvalue weighted by molar-refractivity contribution is 6.04. The first-order valence-corrected chi connectivity index (χ1v) is 3.24. The van der Waals surface area contributed by atoms with E-state index in [-0.39, 0.29) is 0 Å². The summed E-state index contributed by atoms with van der Waals surface area (Å²) in [6.07, 6.45) is -2.35. The molecule has 0 saturated heterocycles. The van der Waals surface area contributed by atoms with Gasteiger partial charge in [-0.25, -0.2) is 0 Å². The summed E-state index contributed by atoms with van der Waals surface area (Å²) in [4.78, 5) is 13.9. The lowest BCUT2D eigenvalue weighted by molar-refractivity contribution is -0.178. The van der Waals surface area contributed by atoms with Gasteiger partial charge in [0.25, 0.3) is 5.91 Å². The van der Waals surface area contributed by atoms with Gasteiger partial charge in [-0.05, 0) is 0 Å². The summed E-state index contributed by atoms with van der Waals surface area (Å²) in [5.41, 5.74) is 1.77. The van der Waals surface area contributed by atoms with Crippen LogP contribution in [0, 0.1) is 0 Å². The molecular formula is C6H6F3N3O. The second kappa shape index (κ2) is 2.75. The minimum atomic E-state index is -4.80. The first-order chi connectivity index (χ1) is 5.90. The largest absolute Gasteiger partial charge is 0.425 e. The zero-order valence-corrected chi connectivity index (χ0v) is 6.30. The fourth-order valence-electron chi connectivity index (χ4n) is 0.833. The molecule has 13 heavy (non-hydrogen) atoms. The quantitative estimate of drug-likeness (QED) is 0.611. The monoisotopic (exact) mass is 193 g/mol. The van der Waals surface area contributed by atoms with Crippen molar-refractivity contribution in [3.05, 3.63) is 12.4 Å². The SMILES string of the molecule is NC(=O)C1(C(F)(F)F)C=NC=CN1. The molecule has 0 spiro atoms. The normalized spacial score (nSPS) is 27.0. The van der Waals surface area contributed by atoms with Gasteiger partial charge in [0.1, 0.15) is 0 Å². The summed E-state index contributed by atoms with van der Waals surface area (Å²) in [6, 6.07) is 0. The van der Waals surface area contributed by atoms with E-state index in [1.54, 1.807) is 0 Å². The minimum absolute atomic E-state index is 0.440. The summed E-state index contributed by atoms with van der Waals surface area (Å²) >= 11 is 0. The van der Waals surface area contributed by atoms with Gasteiger partial charge in [-0.3, -0.25) is 9.79 Å². The molecule has 1 aliphatic heterocycles. The van der Waals surface area contributed by atoms with Gasteiger partial charge in [-0.1, -0.05) is 0 Å². The van der Waals surface area contributed by atoms with E-state index in [4.69, 9.17) is 0 Å². The molecule has 0 aromatic heterocycles. The second-order valence-corrected chi connectivity index (χ2v) is 2.41. The Kier molecular flexibility index (Phi) is 2.02. The third-order valence-electron chi connectivity index (χ3n) is 1.58. The molecule has 7 heteroatoms. The first kappa shape index (κ1) is 9.56. The summed E-state index contributed by atoms with van der Waals surface area (Å²) < 4.78 is 37.1. The zero-order chi connectivity index (χ0) is 10.1. The number of aliphatic imine (C=N–C) groups is 1. The number of nitrogens with two attached hydrogens (primary N) is 1. The molecule has 0 radical (unpaired) electrons. The molecule has 0 aliphatic carbocycles. The van der Waals surface area contributed by atoms with E-state index in [0.717, 1.165) is 12.4 Å². The maximum absolute atomic E-state index is 12.4. The number of primary amides is 1. The van der Waals surface area contributed by atoms with Crippen LogP contribution in [0.1, 0.15) is 0 Å². The molecule has 1 atom stereocenters. The number of nitrogens with zero attached hydrogens (tertiary/aromatic N) is 1. The van der Waals surface area contributed by atoms with E-state index in [1.165, 1.54) is 0 Å². The number of carbonyl (C=O) groups is 1. The van der Waals surface area contributed by atoms with Crippen LogP contribution in [0.4, 0.5) is 13.2 Å². The molecule has 0 bridgehead atoms. The van der Waals surface area contributed by atoms with E-state index in [0.29, 0.717) is 6.21 Å². The molecular weight excluding hydrogens is 187 g/mol. The molecule has 72 valence electrons. The average Bonchev–Trinajstić information content (AvgIpc) is 2.03. The van der Waals surface area contributed by atoms with Crippen LogP contribution in [0.15, 0.2) is 17.4 Å². The Morgan fingerprint density at radius 2 is 2.15 bits per heavy atom. The molecule has 4 nitrogen and oxygen atoms in total. The summed E-state index contributed by atoms with van der Waals surface area (Å²) in [5.74, 6) is -1.53. The van der Waals surface area contributed by atoms with E-state index < -0.39 is 17.6 Å². The third-order valence-corrected chi connectivity index (χ3v) is 1.58. The van der Waals surface area contributed by atoms with Crippen LogP contribution >= 0.6 is 0 Å². The summed E-state index contributed by atoms with van der Waals surface area (Å²) in [5, 5.41) is 1.84. The van der Waals surface area contributed by atoms with Crippen molar-refractivity contribution in [2.24, 2.45) is 10.7 Å². The number of carbonyl (C=O) groups excluding carboxylic acids is 1. The fourth-order valence-corrected chi connectivity index (χ4v) is 0.833. The number of hydrogen-bond acceptors (Lipinski definition) is 3. The molecule has 0 aromatic carbocycles. The lowest BCUT2D eigenvalue weighted by Crippen LogP contribution is -2.65. The van der Waals surface area contributed by atoms with Gasteiger partial charge in [0.05, 0.1) is 0 Å². The van der Waals surface area contributed by atoms with Gasteiger partial charge in [-0.15, -0.1) is 0 Å². The highest BCUT2D eigenvalue weighted by atomic mass is 19.4. The predicted molar refractivity (Wildman–Crippen MR) is 38.7 cm³/mol. The molecule has 1 heterocycles. The van der Waals surface area contributed by atoms with Crippen molar-refractivity contribution < 1.29 is 18.0 Å².